The number of nitrogens with two attached hydrogens (primary N) is 1. The van der Waals surface area contributed by atoms with Crippen molar-refractivity contribution in [2.24, 2.45) is 5.73 Å². The Morgan fingerprint density at radius 1 is 1.22 bits per heavy atom. The van der Waals surface area contributed by atoms with Gasteiger partial charge >= 0.3 is 6.03 Å². The van der Waals surface area contributed by atoms with Gasteiger partial charge in [-0.3, -0.25) is 14.9 Å². The summed E-state index contributed by atoms with van der Waals surface area (Å²) in [6, 6.07) is 3.70. The topological polar surface area (TPSA) is 104 Å². The van der Waals surface area contributed by atoms with E-state index in [0.29, 0.717) is 5.82 Å². The lowest BCUT2D eigenvalue weighted by Gasteiger charge is -2.37. The van der Waals surface area contributed by atoms with E-state index in [1.54, 1.807) is 23.5 Å². The maximum atomic E-state index is 12.3. The normalized spacial score (nSPS) is 24.1. The molecule has 2 aromatic rings. The average Bonchev–Trinajstić information content (AvgIpc) is 3.08. The van der Waals surface area contributed by atoms with E-state index in [9.17, 15) is 4.79 Å². The van der Waals surface area contributed by atoms with Gasteiger partial charge in [-0.05, 0) is 18.6 Å². The van der Waals surface area contributed by atoms with Crippen molar-refractivity contribution in [3.63, 3.8) is 0 Å². The van der Waals surface area contributed by atoms with Crippen LogP contribution in [0.2, 0.25) is 0 Å². The molecule has 3 N–H and O–H groups in total. The van der Waals surface area contributed by atoms with E-state index in [4.69, 9.17) is 10.7 Å². The van der Waals surface area contributed by atoms with Crippen molar-refractivity contribution in [2.75, 3.05) is 47.4 Å². The highest BCUT2D eigenvalue weighted by atomic mass is 16.2. The summed E-state index contributed by atoms with van der Waals surface area (Å²) in [5.41, 5.74) is 7.59. The van der Waals surface area contributed by atoms with Gasteiger partial charge in [0.15, 0.2) is 5.82 Å². The van der Waals surface area contributed by atoms with Crippen LogP contribution in [0, 0.1) is 0 Å². The Kier molecular flexibility index (Phi) is 3.82. The molecule has 0 aromatic carbocycles. The quantitative estimate of drug-likeness (QED) is 0.798. The molecule has 0 saturated carbocycles. The highest BCUT2D eigenvalue weighted by Crippen LogP contribution is 2.47. The third-order valence-corrected chi connectivity index (χ3v) is 5.62. The summed E-state index contributed by atoms with van der Waals surface area (Å²) >= 11 is 0. The number of aromatic nitrogens is 3. The summed E-state index contributed by atoms with van der Waals surface area (Å²) in [6.45, 7) is 4.39. The van der Waals surface area contributed by atoms with Crippen LogP contribution in [-0.2, 0) is 0 Å². The van der Waals surface area contributed by atoms with Crippen molar-refractivity contribution in [3.8, 4) is 0 Å². The maximum absolute atomic E-state index is 12.3. The first kappa shape index (κ1) is 16.2. The lowest BCUT2D eigenvalue weighted by atomic mass is 10.1. The first-order chi connectivity index (χ1) is 13.2. The molecule has 140 valence electrons. The van der Waals surface area contributed by atoms with Gasteiger partial charge in [-0.15, -0.1) is 0 Å². The van der Waals surface area contributed by atoms with Gasteiger partial charge in [-0.25, -0.2) is 9.78 Å². The number of fused-ring (bicyclic) bond motifs is 4. The van der Waals surface area contributed by atoms with Crippen molar-refractivity contribution in [3.05, 3.63) is 36.4 Å². The van der Waals surface area contributed by atoms with E-state index < -0.39 is 6.03 Å². The molecule has 5 heterocycles. The summed E-state index contributed by atoms with van der Waals surface area (Å²) in [4.78, 5) is 32.0. The molecule has 2 amide bonds. The van der Waals surface area contributed by atoms with Gasteiger partial charge in [-0.1, -0.05) is 0 Å². The highest BCUT2D eigenvalue weighted by Gasteiger charge is 2.45. The molecule has 3 aliphatic heterocycles. The fourth-order valence-corrected chi connectivity index (χ4v) is 4.39. The molecule has 9 heteroatoms. The number of nitrogens with one attached hydrogen (secondary N) is 1. The Labute approximate surface area is 157 Å². The standard InChI is InChI=1S/C18H22N8O/c19-18(27)26-12-9-15(13-10-21-3-4-22-13)25(11-12)14-1-2-16(23-17(14)26)24-7-5-20-6-8-24/h1-4,10,12,15,20H,5-9,11H2,(H2,19,27)/t12-,15?/m0/s1. The molecular formula is C18H22N8O. The smallest absolute Gasteiger partial charge is 0.320 e. The predicted octanol–water partition coefficient (Wildman–Crippen LogP) is 0.500. The molecule has 0 aliphatic carbocycles. The fourth-order valence-electron chi connectivity index (χ4n) is 4.39. The van der Waals surface area contributed by atoms with Crippen LogP contribution < -0.4 is 25.8 Å². The first-order valence-electron chi connectivity index (χ1n) is 9.30. The third kappa shape index (κ3) is 2.66. The monoisotopic (exact) mass is 366 g/mol. The third-order valence-electron chi connectivity index (χ3n) is 5.62. The number of hydrogen-bond donors (Lipinski definition) is 2. The molecule has 2 atom stereocenters. The molecule has 2 bridgehead atoms. The minimum Gasteiger partial charge on any atom is -0.358 e. The molecule has 2 aromatic heterocycles. The summed E-state index contributed by atoms with van der Waals surface area (Å²) in [6.07, 6.45) is 5.94. The number of nitrogens with zero attached hydrogens (tertiary/aromatic N) is 6. The van der Waals surface area contributed by atoms with Crippen LogP contribution in [0.5, 0.6) is 0 Å². The molecule has 0 spiro atoms. The van der Waals surface area contributed by atoms with Crippen LogP contribution in [0.25, 0.3) is 0 Å². The second-order valence-electron chi connectivity index (χ2n) is 7.15. The van der Waals surface area contributed by atoms with Crippen LogP contribution in [0.3, 0.4) is 0 Å². The highest BCUT2D eigenvalue weighted by molar-refractivity contribution is 5.96. The van der Waals surface area contributed by atoms with E-state index in [1.165, 1.54) is 0 Å². The van der Waals surface area contributed by atoms with Crippen LogP contribution in [0.4, 0.5) is 22.1 Å². The lowest BCUT2D eigenvalue weighted by Crippen LogP contribution is -2.49. The molecule has 0 radical (unpaired) electrons. The number of carbonyl (C=O) groups is 1. The Bertz CT molecular complexity index is 854. The molecule has 1 unspecified atom stereocenters. The number of rotatable bonds is 2. The number of carbonyl (C=O) groups excluding carboxylic acids is 1. The van der Waals surface area contributed by atoms with Crippen LogP contribution >= 0.6 is 0 Å². The van der Waals surface area contributed by atoms with Crippen LogP contribution in [0.1, 0.15) is 18.2 Å². The zero-order valence-electron chi connectivity index (χ0n) is 15.0. The Morgan fingerprint density at radius 2 is 2.07 bits per heavy atom. The van der Waals surface area contributed by atoms with Gasteiger partial charge in [0, 0.05) is 45.1 Å². The van der Waals surface area contributed by atoms with Gasteiger partial charge in [0.05, 0.1) is 29.7 Å². The second-order valence-corrected chi connectivity index (χ2v) is 7.15. The van der Waals surface area contributed by atoms with Crippen molar-refractivity contribution >= 4 is 23.4 Å². The van der Waals surface area contributed by atoms with Crippen molar-refractivity contribution in [1.29, 1.82) is 0 Å². The van der Waals surface area contributed by atoms with Gasteiger partial charge in [0.2, 0.25) is 0 Å². The number of pyridine rings is 1. The molecular weight excluding hydrogens is 344 g/mol. The number of amides is 2. The summed E-state index contributed by atoms with van der Waals surface area (Å²) in [5, 5.41) is 3.35. The molecule has 3 aliphatic rings. The maximum Gasteiger partial charge on any atom is 0.320 e. The zero-order valence-corrected chi connectivity index (χ0v) is 15.0. The first-order valence-corrected chi connectivity index (χ1v) is 9.30. The SMILES string of the molecule is NC(=O)N1c2nc(N3CCNCC3)ccc2N2C[C@@H]1CC2c1cnccn1. The Hall–Kier alpha value is -2.94. The van der Waals surface area contributed by atoms with E-state index in [2.05, 4.69) is 31.2 Å². The Balaban J connectivity index is 1.56. The fraction of sp³-hybridized carbons (Fsp3) is 0.444. The van der Waals surface area contributed by atoms with Gasteiger partial charge in [0.25, 0.3) is 0 Å². The minimum absolute atomic E-state index is 0.00669. The average molecular weight is 366 g/mol. The largest absolute Gasteiger partial charge is 0.358 e. The summed E-state index contributed by atoms with van der Waals surface area (Å²) in [5.74, 6) is 1.54. The number of piperazine rings is 1. The number of anilines is 3. The van der Waals surface area contributed by atoms with Gasteiger partial charge in [-0.2, -0.15) is 0 Å². The number of hydrogen-bond acceptors (Lipinski definition) is 7. The molecule has 2 fully saturated rings. The van der Waals surface area contributed by atoms with Gasteiger partial charge < -0.3 is 20.9 Å². The molecule has 9 nitrogen and oxygen atoms in total. The molecule has 5 rings (SSSR count). The van der Waals surface area contributed by atoms with Crippen molar-refractivity contribution in [2.45, 2.75) is 18.5 Å². The molecule has 27 heavy (non-hydrogen) atoms. The van der Waals surface area contributed by atoms with Gasteiger partial charge in [0.1, 0.15) is 5.82 Å². The number of primary amides is 1. The van der Waals surface area contributed by atoms with E-state index >= 15 is 0 Å². The van der Waals surface area contributed by atoms with E-state index in [1.807, 2.05) is 6.07 Å². The minimum atomic E-state index is -0.453. The predicted molar refractivity (Wildman–Crippen MR) is 102 cm³/mol. The van der Waals surface area contributed by atoms with Crippen molar-refractivity contribution in [1.82, 2.24) is 20.3 Å². The van der Waals surface area contributed by atoms with E-state index in [0.717, 1.165) is 56.3 Å². The van der Waals surface area contributed by atoms with Crippen LogP contribution in [0.15, 0.2) is 30.7 Å². The summed E-state index contributed by atoms with van der Waals surface area (Å²) < 4.78 is 0. The Morgan fingerprint density at radius 3 is 2.81 bits per heavy atom. The second kappa shape index (κ2) is 6.34. The number of urea groups is 1. The lowest BCUT2D eigenvalue weighted by molar-refractivity contribution is 0.251. The zero-order chi connectivity index (χ0) is 18.4. The molecule has 2 saturated heterocycles. The van der Waals surface area contributed by atoms with Crippen LogP contribution in [-0.4, -0.2) is 59.7 Å². The van der Waals surface area contributed by atoms with E-state index in [-0.39, 0.29) is 12.1 Å². The summed E-state index contributed by atoms with van der Waals surface area (Å²) in [7, 11) is 0. The van der Waals surface area contributed by atoms with Crippen molar-refractivity contribution < 1.29 is 4.79 Å².